The summed E-state index contributed by atoms with van der Waals surface area (Å²) >= 11 is 0. The molecule has 7 nitrogen and oxygen atoms in total. The third-order valence-corrected chi connectivity index (χ3v) is 3.04. The van der Waals surface area contributed by atoms with Gasteiger partial charge in [0.15, 0.2) is 17.5 Å². The smallest absolute Gasteiger partial charge is 0.221 e. The van der Waals surface area contributed by atoms with Crippen molar-refractivity contribution in [3.8, 4) is 11.5 Å². The van der Waals surface area contributed by atoms with Crippen molar-refractivity contribution >= 4 is 41.5 Å². The van der Waals surface area contributed by atoms with E-state index < -0.39 is 0 Å². The molecule has 0 radical (unpaired) electrons. The Labute approximate surface area is 167 Å². The van der Waals surface area contributed by atoms with Crippen molar-refractivity contribution in [2.75, 3.05) is 32.6 Å². The first-order valence-electron chi connectivity index (χ1n) is 8.08. The number of halogens is 1. The Hall–Kier alpha value is -1.71. The second-order valence-corrected chi connectivity index (χ2v) is 5.39. The summed E-state index contributed by atoms with van der Waals surface area (Å²) in [6, 6.07) is 5.70. The van der Waals surface area contributed by atoms with E-state index in [2.05, 4.69) is 20.9 Å². The number of hydrogen-bond acceptors (Lipinski definition) is 4. The largest absolute Gasteiger partial charge is 0.493 e. The molecule has 0 atom stereocenters. The summed E-state index contributed by atoms with van der Waals surface area (Å²) in [5.41, 5.74) is 0.815. The molecular formula is C17H29IN4O3. The van der Waals surface area contributed by atoms with E-state index in [-0.39, 0.29) is 35.9 Å². The van der Waals surface area contributed by atoms with E-state index in [0.29, 0.717) is 37.0 Å². The van der Waals surface area contributed by atoms with Crippen LogP contribution in [-0.4, -0.2) is 45.2 Å². The number of benzene rings is 1. The van der Waals surface area contributed by atoms with Crippen LogP contribution in [0, 0.1) is 0 Å². The minimum absolute atomic E-state index is 0. The third kappa shape index (κ3) is 8.80. The molecule has 0 aromatic heterocycles. The van der Waals surface area contributed by atoms with E-state index in [1.54, 1.807) is 14.2 Å². The molecule has 1 rings (SSSR count). The van der Waals surface area contributed by atoms with E-state index in [1.807, 2.05) is 39.0 Å². The Morgan fingerprint density at radius 3 is 2.56 bits per heavy atom. The van der Waals surface area contributed by atoms with E-state index in [9.17, 15) is 4.79 Å². The maximum Gasteiger partial charge on any atom is 0.221 e. The van der Waals surface area contributed by atoms with Crippen molar-refractivity contribution in [3.63, 3.8) is 0 Å². The molecule has 1 aromatic rings. The van der Waals surface area contributed by atoms with E-state index in [4.69, 9.17) is 9.47 Å². The minimum Gasteiger partial charge on any atom is -0.493 e. The summed E-state index contributed by atoms with van der Waals surface area (Å²) in [7, 11) is 3.28. The van der Waals surface area contributed by atoms with Gasteiger partial charge in [-0.15, -0.1) is 24.0 Å². The summed E-state index contributed by atoms with van der Waals surface area (Å²) in [6.45, 7) is 6.86. The molecule has 0 bridgehead atoms. The molecule has 1 amide bonds. The maximum atomic E-state index is 11.6. The van der Waals surface area contributed by atoms with Gasteiger partial charge in [-0.05, 0) is 32.9 Å². The number of amides is 1. The van der Waals surface area contributed by atoms with Crippen LogP contribution in [0.5, 0.6) is 11.5 Å². The molecule has 1 aromatic carbocycles. The first-order valence-corrected chi connectivity index (χ1v) is 8.08. The number of carbonyl (C=O) groups excluding carboxylic acids is 1. The van der Waals surface area contributed by atoms with Crippen LogP contribution in [0.15, 0.2) is 23.2 Å². The van der Waals surface area contributed by atoms with Crippen molar-refractivity contribution in [1.82, 2.24) is 10.6 Å². The zero-order valence-electron chi connectivity index (χ0n) is 15.5. The molecule has 0 heterocycles. The molecule has 142 valence electrons. The molecule has 0 fully saturated rings. The van der Waals surface area contributed by atoms with Gasteiger partial charge >= 0.3 is 0 Å². The summed E-state index contributed by atoms with van der Waals surface area (Å²) < 4.78 is 10.8. The van der Waals surface area contributed by atoms with Gasteiger partial charge in [-0.2, -0.15) is 0 Å². The lowest BCUT2D eigenvalue weighted by atomic mass is 10.2. The number of hydrogen-bond donors (Lipinski definition) is 3. The molecule has 0 aliphatic heterocycles. The fourth-order valence-corrected chi connectivity index (χ4v) is 2.02. The summed E-state index contributed by atoms with van der Waals surface area (Å²) in [5, 5.41) is 9.11. The standard InChI is InChI=1S/C17H28N4O3.HI/c1-6-24-14-8-7-13(11-15(14)23-5)21-17(18-4)19-10-9-16(22)20-12(2)3;/h7-8,11-12H,6,9-10H2,1-5H3,(H,20,22)(H2,18,19,21);1H. The molecular weight excluding hydrogens is 435 g/mol. The Morgan fingerprint density at radius 2 is 2.00 bits per heavy atom. The van der Waals surface area contributed by atoms with Crippen molar-refractivity contribution in [1.29, 1.82) is 0 Å². The lowest BCUT2D eigenvalue weighted by molar-refractivity contribution is -0.121. The average molecular weight is 464 g/mol. The predicted molar refractivity (Wildman–Crippen MR) is 112 cm³/mol. The average Bonchev–Trinajstić information content (AvgIpc) is 2.54. The lowest BCUT2D eigenvalue weighted by Gasteiger charge is -2.15. The van der Waals surface area contributed by atoms with Gasteiger partial charge in [-0.25, -0.2) is 0 Å². The number of nitrogens with zero attached hydrogens (tertiary/aromatic N) is 1. The van der Waals surface area contributed by atoms with E-state index in [1.165, 1.54) is 0 Å². The molecule has 0 saturated carbocycles. The number of nitrogens with one attached hydrogen (secondary N) is 3. The van der Waals surface area contributed by atoms with Gasteiger partial charge in [-0.3, -0.25) is 9.79 Å². The summed E-state index contributed by atoms with van der Waals surface area (Å²) in [5.74, 6) is 1.93. The lowest BCUT2D eigenvalue weighted by Crippen LogP contribution is -2.36. The number of rotatable bonds is 8. The van der Waals surface area contributed by atoms with Crippen LogP contribution in [0.1, 0.15) is 27.2 Å². The third-order valence-electron chi connectivity index (χ3n) is 3.04. The number of methoxy groups -OCH3 is 1. The molecule has 0 aliphatic carbocycles. The van der Waals surface area contributed by atoms with Crippen molar-refractivity contribution < 1.29 is 14.3 Å². The van der Waals surface area contributed by atoms with Gasteiger partial charge in [0.2, 0.25) is 5.91 Å². The first kappa shape index (κ1) is 23.3. The zero-order valence-corrected chi connectivity index (χ0v) is 17.8. The highest BCUT2D eigenvalue weighted by Crippen LogP contribution is 2.30. The molecule has 25 heavy (non-hydrogen) atoms. The fourth-order valence-electron chi connectivity index (χ4n) is 2.02. The number of guanidine groups is 1. The van der Waals surface area contributed by atoms with Gasteiger partial charge < -0.3 is 25.4 Å². The van der Waals surface area contributed by atoms with Crippen LogP contribution in [0.2, 0.25) is 0 Å². The van der Waals surface area contributed by atoms with E-state index in [0.717, 1.165) is 5.69 Å². The molecule has 3 N–H and O–H groups in total. The zero-order chi connectivity index (χ0) is 17.9. The number of anilines is 1. The highest BCUT2D eigenvalue weighted by Gasteiger charge is 2.08. The molecule has 0 aliphatic rings. The number of aliphatic imine (C=N–C) groups is 1. The predicted octanol–water partition coefficient (Wildman–Crippen LogP) is 2.61. The Kier molecular flexibility index (Phi) is 11.8. The van der Waals surface area contributed by atoms with Crippen LogP contribution < -0.4 is 25.4 Å². The SMILES string of the molecule is CCOc1ccc(NC(=NC)NCCC(=O)NC(C)C)cc1OC.I. The monoisotopic (exact) mass is 464 g/mol. The Bertz CT molecular complexity index is 565. The van der Waals surface area contributed by atoms with E-state index >= 15 is 0 Å². The van der Waals surface area contributed by atoms with Crippen molar-refractivity contribution in [3.05, 3.63) is 18.2 Å². The van der Waals surface area contributed by atoms with Crippen molar-refractivity contribution in [2.45, 2.75) is 33.2 Å². The summed E-state index contributed by atoms with van der Waals surface area (Å²) in [4.78, 5) is 15.8. The highest BCUT2D eigenvalue weighted by molar-refractivity contribution is 14.0. The normalized spacial score (nSPS) is 10.7. The molecule has 8 heteroatoms. The maximum absolute atomic E-state index is 11.6. The second-order valence-electron chi connectivity index (χ2n) is 5.39. The highest BCUT2D eigenvalue weighted by atomic mass is 127. The van der Waals surface area contributed by atoms with Gasteiger partial charge in [0, 0.05) is 37.8 Å². The van der Waals surface area contributed by atoms with Gasteiger partial charge in [-0.1, -0.05) is 0 Å². The van der Waals surface area contributed by atoms with Gasteiger partial charge in [0.1, 0.15) is 0 Å². The summed E-state index contributed by atoms with van der Waals surface area (Å²) in [6.07, 6.45) is 0.380. The molecule has 0 unspecified atom stereocenters. The number of carbonyl (C=O) groups is 1. The molecule has 0 spiro atoms. The van der Waals surface area contributed by atoms with Crippen LogP contribution in [0.3, 0.4) is 0 Å². The van der Waals surface area contributed by atoms with Gasteiger partial charge in [0.25, 0.3) is 0 Å². The topological polar surface area (TPSA) is 84.0 Å². The quantitative estimate of drug-likeness (QED) is 0.313. The Balaban J connectivity index is 0.00000576. The number of ether oxygens (including phenoxy) is 2. The minimum atomic E-state index is 0. The van der Waals surface area contributed by atoms with Crippen LogP contribution >= 0.6 is 24.0 Å². The van der Waals surface area contributed by atoms with Crippen LogP contribution in [0.4, 0.5) is 5.69 Å². The second kappa shape index (κ2) is 12.6. The fraction of sp³-hybridized carbons (Fsp3) is 0.529. The first-order chi connectivity index (χ1) is 11.5. The molecule has 0 saturated heterocycles. The van der Waals surface area contributed by atoms with Crippen molar-refractivity contribution in [2.24, 2.45) is 4.99 Å². The van der Waals surface area contributed by atoms with Gasteiger partial charge in [0.05, 0.1) is 13.7 Å². The van der Waals surface area contributed by atoms with Crippen LogP contribution in [0.25, 0.3) is 0 Å². The van der Waals surface area contributed by atoms with Crippen LogP contribution in [-0.2, 0) is 4.79 Å². The Morgan fingerprint density at radius 1 is 1.28 bits per heavy atom.